The summed E-state index contributed by atoms with van der Waals surface area (Å²) < 4.78 is 11.4. The summed E-state index contributed by atoms with van der Waals surface area (Å²) in [7, 11) is 0. The van der Waals surface area contributed by atoms with E-state index in [0.717, 1.165) is 0 Å². The molecule has 0 aliphatic carbocycles. The third kappa shape index (κ3) is 2.96. The number of aromatic nitrogens is 1. The first-order valence-electron chi connectivity index (χ1n) is 6.86. The number of benzene rings is 1. The van der Waals surface area contributed by atoms with Crippen molar-refractivity contribution in [3.05, 3.63) is 27.8 Å². The highest BCUT2D eigenvalue weighted by atomic mass is 79.9. The van der Waals surface area contributed by atoms with Crippen LogP contribution in [0, 0.1) is 0 Å². The zero-order chi connectivity index (χ0) is 16.7. The maximum Gasteiger partial charge on any atom is 0.195 e. The molecule has 0 spiro atoms. The predicted molar refractivity (Wildman–Crippen MR) is 85.4 cm³/mol. The smallest absolute Gasteiger partial charge is 0.195 e. The van der Waals surface area contributed by atoms with E-state index in [4.69, 9.17) is 26.2 Å². The van der Waals surface area contributed by atoms with Gasteiger partial charge in [0.25, 0.3) is 0 Å². The van der Waals surface area contributed by atoms with Gasteiger partial charge >= 0.3 is 0 Å². The molecule has 2 heterocycles. The van der Waals surface area contributed by atoms with Crippen molar-refractivity contribution in [2.24, 2.45) is 0 Å². The molecule has 7 nitrogen and oxygen atoms in total. The summed E-state index contributed by atoms with van der Waals surface area (Å²) in [6.07, 6.45) is -5.12. The van der Waals surface area contributed by atoms with Crippen molar-refractivity contribution >= 4 is 38.4 Å². The molecule has 0 unspecified atom stereocenters. The highest BCUT2D eigenvalue weighted by Gasteiger charge is 2.45. The lowest BCUT2D eigenvalue weighted by molar-refractivity contribution is -0.280. The van der Waals surface area contributed by atoms with E-state index in [1.807, 2.05) is 0 Å². The van der Waals surface area contributed by atoms with E-state index in [1.54, 1.807) is 12.1 Å². The number of ether oxygens (including phenoxy) is 2. The van der Waals surface area contributed by atoms with Gasteiger partial charge in [0.2, 0.25) is 0 Å². The summed E-state index contributed by atoms with van der Waals surface area (Å²) in [5.41, 5.74) is 0.711. The molecule has 1 fully saturated rings. The minimum absolute atomic E-state index is 0.299. The van der Waals surface area contributed by atoms with E-state index in [1.165, 1.54) is 6.20 Å². The first-order chi connectivity index (χ1) is 10.9. The minimum atomic E-state index is -1.51. The van der Waals surface area contributed by atoms with Crippen LogP contribution in [-0.4, -0.2) is 62.7 Å². The molecule has 5 atom stereocenters. The Labute approximate surface area is 144 Å². The number of aliphatic hydroxyl groups is 4. The highest BCUT2D eigenvalue weighted by molar-refractivity contribution is 9.10. The van der Waals surface area contributed by atoms with Gasteiger partial charge in [-0.05, 0) is 28.1 Å². The van der Waals surface area contributed by atoms with E-state index in [-0.39, 0.29) is 0 Å². The van der Waals surface area contributed by atoms with Crippen LogP contribution < -0.4 is 4.74 Å². The van der Waals surface area contributed by atoms with Gasteiger partial charge in [-0.2, -0.15) is 0 Å². The fourth-order valence-electron chi connectivity index (χ4n) is 2.57. The van der Waals surface area contributed by atoms with Crippen LogP contribution in [0.25, 0.3) is 10.9 Å². The Hall–Kier alpha value is -0.870. The zero-order valence-electron chi connectivity index (χ0n) is 11.7. The minimum Gasteiger partial charge on any atom is -0.480 e. The summed E-state index contributed by atoms with van der Waals surface area (Å²) in [4.78, 5) is 2.97. The maximum absolute atomic E-state index is 10.1. The van der Waals surface area contributed by atoms with E-state index in [0.29, 0.717) is 26.1 Å². The van der Waals surface area contributed by atoms with E-state index in [2.05, 4.69) is 20.9 Å². The second-order valence-corrected chi connectivity index (χ2v) is 6.48. The van der Waals surface area contributed by atoms with Gasteiger partial charge in [0, 0.05) is 10.7 Å². The van der Waals surface area contributed by atoms with Gasteiger partial charge in [-0.25, -0.2) is 0 Å². The van der Waals surface area contributed by atoms with Gasteiger partial charge in [0.05, 0.1) is 22.5 Å². The summed E-state index contributed by atoms with van der Waals surface area (Å²) >= 11 is 9.57. The normalized spacial score (nSPS) is 31.5. The summed E-state index contributed by atoms with van der Waals surface area (Å²) in [6, 6.07) is 3.56. The summed E-state index contributed by atoms with van der Waals surface area (Å²) in [5.74, 6) is 0.299. The van der Waals surface area contributed by atoms with E-state index in [9.17, 15) is 15.3 Å². The second kappa shape index (κ2) is 6.56. The molecular formula is C14H15BrClNO6. The first kappa shape index (κ1) is 17.0. The molecule has 0 bridgehead atoms. The van der Waals surface area contributed by atoms with Crippen LogP contribution in [0.4, 0.5) is 0 Å². The van der Waals surface area contributed by atoms with Crippen LogP contribution in [0.15, 0.2) is 22.8 Å². The molecule has 0 amide bonds. The standard InChI is InChI=1S/C14H15BrClNO6/c15-5-1-2-6-9(10(5)16)7(3-17-6)22-13-12(20)11(19)8(4-18)23-14(13)21/h1-3,8,11-14,17-21H,4H2/t8-,11-,12+,13-,14-/m1/s1. The van der Waals surface area contributed by atoms with Crippen molar-refractivity contribution in [1.29, 1.82) is 0 Å². The molecule has 0 saturated carbocycles. The Kier molecular flexibility index (Phi) is 4.84. The van der Waals surface area contributed by atoms with Crippen molar-refractivity contribution in [1.82, 2.24) is 4.98 Å². The predicted octanol–water partition coefficient (Wildman–Crippen LogP) is 0.762. The number of nitrogens with one attached hydrogen (secondary N) is 1. The van der Waals surface area contributed by atoms with Crippen LogP contribution in [-0.2, 0) is 4.74 Å². The van der Waals surface area contributed by atoms with Gasteiger partial charge < -0.3 is 34.9 Å². The quantitative estimate of drug-likeness (QED) is 0.512. The molecule has 0 radical (unpaired) electrons. The molecular weight excluding hydrogens is 394 g/mol. The molecule has 1 aliphatic rings. The number of H-pyrrole nitrogens is 1. The molecule has 1 saturated heterocycles. The lowest BCUT2D eigenvalue weighted by Gasteiger charge is -2.39. The van der Waals surface area contributed by atoms with Gasteiger partial charge in [-0.1, -0.05) is 11.6 Å². The average molecular weight is 409 g/mol. The number of aliphatic hydroxyl groups excluding tert-OH is 4. The van der Waals surface area contributed by atoms with Crippen LogP contribution in [0.5, 0.6) is 5.75 Å². The van der Waals surface area contributed by atoms with Gasteiger partial charge in [0.1, 0.15) is 24.1 Å². The van der Waals surface area contributed by atoms with Crippen LogP contribution in [0.1, 0.15) is 0 Å². The van der Waals surface area contributed by atoms with E-state index < -0.39 is 37.3 Å². The molecule has 23 heavy (non-hydrogen) atoms. The van der Waals surface area contributed by atoms with Crippen molar-refractivity contribution in [3.63, 3.8) is 0 Å². The molecule has 1 aromatic carbocycles. The Morgan fingerprint density at radius 2 is 2.00 bits per heavy atom. The number of hydrogen-bond donors (Lipinski definition) is 5. The lowest BCUT2D eigenvalue weighted by Crippen LogP contribution is -2.60. The number of hydrogen-bond acceptors (Lipinski definition) is 6. The zero-order valence-corrected chi connectivity index (χ0v) is 14.0. The number of aromatic amines is 1. The Bertz CT molecular complexity index is 710. The Morgan fingerprint density at radius 1 is 1.26 bits per heavy atom. The van der Waals surface area contributed by atoms with Crippen molar-refractivity contribution < 1.29 is 29.9 Å². The average Bonchev–Trinajstić information content (AvgIpc) is 2.94. The van der Waals surface area contributed by atoms with Gasteiger partial charge in [-0.3, -0.25) is 0 Å². The summed E-state index contributed by atoms with van der Waals surface area (Å²) in [5, 5.41) is 40.0. The largest absolute Gasteiger partial charge is 0.480 e. The molecule has 1 aliphatic heterocycles. The van der Waals surface area contributed by atoms with Crippen LogP contribution >= 0.6 is 27.5 Å². The highest BCUT2D eigenvalue weighted by Crippen LogP contribution is 2.38. The SMILES string of the molecule is OC[C@H]1O[C@@H](O)[C@H](Oc2c[nH]c3ccc(Br)c(Cl)c23)[C@@H](O)[C@@H]1O. The third-order valence-corrected chi connectivity index (χ3v) is 5.09. The van der Waals surface area contributed by atoms with Crippen molar-refractivity contribution in [3.8, 4) is 5.75 Å². The fraction of sp³-hybridized carbons (Fsp3) is 0.429. The monoisotopic (exact) mass is 407 g/mol. The number of rotatable bonds is 3. The number of fused-ring (bicyclic) bond motifs is 1. The maximum atomic E-state index is 10.1. The van der Waals surface area contributed by atoms with Gasteiger partial charge in [-0.15, -0.1) is 0 Å². The Balaban J connectivity index is 1.91. The lowest BCUT2D eigenvalue weighted by atomic mass is 9.99. The Morgan fingerprint density at radius 3 is 2.70 bits per heavy atom. The third-order valence-electron chi connectivity index (χ3n) is 3.81. The summed E-state index contributed by atoms with van der Waals surface area (Å²) in [6.45, 7) is -0.534. The molecule has 3 rings (SSSR count). The van der Waals surface area contributed by atoms with Crippen molar-refractivity contribution in [2.45, 2.75) is 30.7 Å². The molecule has 2 aromatic rings. The van der Waals surface area contributed by atoms with Gasteiger partial charge in [0.15, 0.2) is 12.4 Å². The first-order valence-corrected chi connectivity index (χ1v) is 8.03. The van der Waals surface area contributed by atoms with E-state index >= 15 is 0 Å². The topological polar surface area (TPSA) is 115 Å². The van der Waals surface area contributed by atoms with Crippen molar-refractivity contribution in [2.75, 3.05) is 6.61 Å². The second-order valence-electron chi connectivity index (χ2n) is 5.25. The fourth-order valence-corrected chi connectivity index (χ4v) is 3.15. The van der Waals surface area contributed by atoms with Crippen LogP contribution in [0.2, 0.25) is 5.02 Å². The molecule has 9 heteroatoms. The molecule has 126 valence electrons. The molecule has 1 aromatic heterocycles. The molecule has 5 N–H and O–H groups in total. The van der Waals surface area contributed by atoms with Crippen LogP contribution in [0.3, 0.4) is 0 Å². The number of halogens is 2.